The van der Waals surface area contributed by atoms with Crippen LogP contribution in [0.3, 0.4) is 0 Å². The zero-order valence-electron chi connectivity index (χ0n) is 16.0. The Labute approximate surface area is 163 Å². The fourth-order valence-electron chi connectivity index (χ4n) is 3.35. The summed E-state index contributed by atoms with van der Waals surface area (Å²) >= 11 is 0. The first-order chi connectivity index (χ1) is 13.3. The number of likely N-dealkylation sites (tertiary alicyclic amines) is 1. The van der Waals surface area contributed by atoms with E-state index in [1.165, 1.54) is 4.90 Å². The van der Waals surface area contributed by atoms with Crippen LogP contribution in [-0.2, 0) is 9.59 Å². The normalized spacial score (nSPS) is 19.7. The van der Waals surface area contributed by atoms with Crippen LogP contribution in [0.2, 0.25) is 0 Å². The number of benzene rings is 2. The van der Waals surface area contributed by atoms with Gasteiger partial charge in [-0.2, -0.15) is 0 Å². The Morgan fingerprint density at radius 2 is 1.71 bits per heavy atom. The summed E-state index contributed by atoms with van der Waals surface area (Å²) in [4.78, 5) is 26.7. The van der Waals surface area contributed by atoms with Crippen LogP contribution in [0, 0.1) is 6.92 Å². The van der Waals surface area contributed by atoms with Crippen molar-refractivity contribution < 1.29 is 24.5 Å². The number of aliphatic hydroxyl groups excluding tert-OH is 2. The molecular weight excluding hydrogens is 358 g/mol. The smallest absolute Gasteiger partial charge is 0.295 e. The number of amides is 1. The second kappa shape index (κ2) is 7.86. The molecule has 0 bridgehead atoms. The molecule has 1 amide bonds. The predicted octanol–water partition coefficient (Wildman–Crippen LogP) is 2.81. The Kier molecular flexibility index (Phi) is 5.51. The molecule has 1 saturated heterocycles. The molecule has 2 atom stereocenters. The van der Waals surface area contributed by atoms with Crippen molar-refractivity contribution in [2.45, 2.75) is 26.0 Å². The van der Waals surface area contributed by atoms with Gasteiger partial charge >= 0.3 is 0 Å². The number of methoxy groups -OCH3 is 1. The first-order valence-electron chi connectivity index (χ1n) is 9.01. The molecule has 2 aromatic carbocycles. The summed E-state index contributed by atoms with van der Waals surface area (Å²) in [6.07, 6.45) is -0.821. The highest BCUT2D eigenvalue weighted by Crippen LogP contribution is 2.39. The van der Waals surface area contributed by atoms with Crippen LogP contribution in [0.15, 0.2) is 54.1 Å². The number of β-amino-alcohol motifs (C(OH)–C–C–N with tert-alkyl or cyclic N) is 1. The number of aliphatic hydroxyl groups is 2. The van der Waals surface area contributed by atoms with Crippen molar-refractivity contribution in [3.8, 4) is 5.75 Å². The van der Waals surface area contributed by atoms with Crippen molar-refractivity contribution in [1.29, 1.82) is 0 Å². The number of hydrogen-bond acceptors (Lipinski definition) is 5. The van der Waals surface area contributed by atoms with E-state index in [2.05, 4.69) is 0 Å². The van der Waals surface area contributed by atoms with Gasteiger partial charge in [0.15, 0.2) is 0 Å². The molecule has 1 heterocycles. The molecule has 0 spiro atoms. The van der Waals surface area contributed by atoms with Crippen LogP contribution in [0.25, 0.3) is 5.76 Å². The third kappa shape index (κ3) is 3.64. The first kappa shape index (κ1) is 19.6. The number of Topliss-reactive ketones (excluding diaryl/α,β-unsaturated/α-hetero) is 1. The Hall–Kier alpha value is -3.12. The highest BCUT2D eigenvalue weighted by molar-refractivity contribution is 6.46. The Morgan fingerprint density at radius 3 is 2.25 bits per heavy atom. The monoisotopic (exact) mass is 381 g/mol. The van der Waals surface area contributed by atoms with E-state index in [9.17, 15) is 19.8 Å². The van der Waals surface area contributed by atoms with Gasteiger partial charge in [-0.25, -0.2) is 0 Å². The zero-order chi connectivity index (χ0) is 20.4. The number of ketones is 1. The quantitative estimate of drug-likeness (QED) is 0.472. The van der Waals surface area contributed by atoms with Gasteiger partial charge in [0.2, 0.25) is 0 Å². The van der Waals surface area contributed by atoms with Crippen LogP contribution < -0.4 is 4.74 Å². The van der Waals surface area contributed by atoms with E-state index in [-0.39, 0.29) is 17.9 Å². The minimum absolute atomic E-state index is 0.0136. The van der Waals surface area contributed by atoms with Crippen LogP contribution in [-0.4, -0.2) is 46.6 Å². The van der Waals surface area contributed by atoms with E-state index in [4.69, 9.17) is 4.74 Å². The molecule has 2 N–H and O–H groups in total. The minimum Gasteiger partial charge on any atom is -0.507 e. The fraction of sp³-hybridized carbons (Fsp3) is 0.273. The second-order valence-corrected chi connectivity index (χ2v) is 6.94. The first-order valence-corrected chi connectivity index (χ1v) is 9.01. The highest BCUT2D eigenvalue weighted by Gasteiger charge is 2.46. The summed E-state index contributed by atoms with van der Waals surface area (Å²) in [5, 5.41) is 20.7. The van der Waals surface area contributed by atoms with E-state index in [1.807, 2.05) is 19.1 Å². The molecule has 0 radical (unpaired) electrons. The zero-order valence-corrected chi connectivity index (χ0v) is 16.0. The molecule has 1 fully saturated rings. The minimum atomic E-state index is -0.821. The van der Waals surface area contributed by atoms with E-state index < -0.39 is 23.8 Å². The molecule has 2 aromatic rings. The summed E-state index contributed by atoms with van der Waals surface area (Å²) in [7, 11) is 1.55. The van der Waals surface area contributed by atoms with Crippen LogP contribution in [0.5, 0.6) is 5.75 Å². The maximum atomic E-state index is 12.8. The van der Waals surface area contributed by atoms with Crippen molar-refractivity contribution in [1.82, 2.24) is 4.90 Å². The van der Waals surface area contributed by atoms with Gasteiger partial charge in [0, 0.05) is 12.1 Å². The maximum absolute atomic E-state index is 12.8. The van der Waals surface area contributed by atoms with Crippen LogP contribution in [0.1, 0.15) is 29.7 Å². The Morgan fingerprint density at radius 1 is 1.11 bits per heavy atom. The molecule has 1 aliphatic heterocycles. The lowest BCUT2D eigenvalue weighted by molar-refractivity contribution is -0.140. The summed E-state index contributed by atoms with van der Waals surface area (Å²) < 4.78 is 5.17. The van der Waals surface area contributed by atoms with Gasteiger partial charge in [-0.1, -0.05) is 42.0 Å². The van der Waals surface area contributed by atoms with Crippen molar-refractivity contribution in [2.24, 2.45) is 0 Å². The standard InChI is InChI=1S/C22H23NO5/c1-13-4-6-16(7-5-13)20(25)18-19(15-8-10-17(28-3)11-9-15)23(12-14(2)24)22(27)21(18)26/h4-11,14,19,24-25H,12H2,1-3H3/t14-,19-/m1/s1. The third-order valence-corrected chi connectivity index (χ3v) is 4.76. The molecule has 0 aromatic heterocycles. The summed E-state index contributed by atoms with van der Waals surface area (Å²) in [5.41, 5.74) is 2.13. The van der Waals surface area contributed by atoms with Gasteiger partial charge in [-0.15, -0.1) is 0 Å². The van der Waals surface area contributed by atoms with Gasteiger partial charge in [-0.05, 0) is 31.5 Å². The number of carbonyl (C=O) groups is 2. The molecule has 3 rings (SSSR count). The number of hydrogen-bond donors (Lipinski definition) is 2. The Bertz CT molecular complexity index is 913. The van der Waals surface area contributed by atoms with Crippen molar-refractivity contribution in [3.63, 3.8) is 0 Å². The summed E-state index contributed by atoms with van der Waals surface area (Å²) in [6.45, 7) is 3.44. The van der Waals surface area contributed by atoms with Gasteiger partial charge in [-0.3, -0.25) is 9.59 Å². The molecule has 0 aliphatic carbocycles. The number of rotatable bonds is 5. The van der Waals surface area contributed by atoms with Crippen molar-refractivity contribution in [3.05, 3.63) is 70.8 Å². The number of nitrogens with zero attached hydrogens (tertiary/aromatic N) is 1. The number of carbonyl (C=O) groups excluding carboxylic acids is 2. The van der Waals surface area contributed by atoms with Gasteiger partial charge in [0.1, 0.15) is 11.5 Å². The van der Waals surface area contributed by atoms with Crippen molar-refractivity contribution >= 4 is 17.4 Å². The lowest BCUT2D eigenvalue weighted by atomic mass is 9.95. The molecule has 1 aliphatic rings. The van der Waals surface area contributed by atoms with Gasteiger partial charge in [0.25, 0.3) is 11.7 Å². The van der Waals surface area contributed by atoms with Crippen molar-refractivity contribution in [2.75, 3.05) is 13.7 Å². The van der Waals surface area contributed by atoms with Gasteiger partial charge in [0.05, 0.1) is 24.8 Å². The van der Waals surface area contributed by atoms with Gasteiger partial charge < -0.3 is 19.8 Å². The molecule has 6 nitrogen and oxygen atoms in total. The maximum Gasteiger partial charge on any atom is 0.295 e. The average molecular weight is 381 g/mol. The summed E-state index contributed by atoms with van der Waals surface area (Å²) in [6, 6.07) is 13.2. The molecule has 28 heavy (non-hydrogen) atoms. The van der Waals surface area contributed by atoms with Crippen LogP contribution in [0.4, 0.5) is 0 Å². The lowest BCUT2D eigenvalue weighted by Crippen LogP contribution is -2.35. The second-order valence-electron chi connectivity index (χ2n) is 6.94. The van der Waals surface area contributed by atoms with E-state index in [0.717, 1.165) is 5.56 Å². The molecule has 146 valence electrons. The largest absolute Gasteiger partial charge is 0.507 e. The predicted molar refractivity (Wildman–Crippen MR) is 105 cm³/mol. The SMILES string of the molecule is COc1ccc([C@@H]2C(=C(O)c3ccc(C)cc3)C(=O)C(=O)N2C[C@@H](C)O)cc1. The highest BCUT2D eigenvalue weighted by atomic mass is 16.5. The van der Waals surface area contributed by atoms with E-state index in [1.54, 1.807) is 50.4 Å². The number of ether oxygens (including phenoxy) is 1. The third-order valence-electron chi connectivity index (χ3n) is 4.76. The van der Waals surface area contributed by atoms with Crippen LogP contribution >= 0.6 is 0 Å². The average Bonchev–Trinajstić information content (AvgIpc) is 2.92. The van der Waals surface area contributed by atoms with E-state index >= 15 is 0 Å². The fourth-order valence-corrected chi connectivity index (χ4v) is 3.35. The topological polar surface area (TPSA) is 87.1 Å². The molecular formula is C22H23NO5. The number of aryl methyl sites for hydroxylation is 1. The molecule has 0 saturated carbocycles. The summed E-state index contributed by atoms with van der Waals surface area (Å²) in [5.74, 6) is -1.10. The lowest BCUT2D eigenvalue weighted by Gasteiger charge is -2.26. The molecule has 0 unspecified atom stereocenters. The molecule has 6 heteroatoms. The Balaban J connectivity index is 2.16. The van der Waals surface area contributed by atoms with E-state index in [0.29, 0.717) is 16.9 Å².